The molecule has 8 heteroatoms. The highest BCUT2D eigenvalue weighted by Crippen LogP contribution is 2.29. The van der Waals surface area contributed by atoms with Gasteiger partial charge in [-0.1, -0.05) is 0 Å². The van der Waals surface area contributed by atoms with Gasteiger partial charge in [0.15, 0.2) is 5.82 Å². The van der Waals surface area contributed by atoms with Gasteiger partial charge in [0.05, 0.1) is 0 Å². The van der Waals surface area contributed by atoms with Crippen LogP contribution in [0.4, 0.5) is 19.1 Å². The first-order valence-electron chi connectivity index (χ1n) is 4.45. The fraction of sp³-hybridized carbons (Fsp3) is 0.111. The van der Waals surface area contributed by atoms with Crippen LogP contribution in [0.25, 0.3) is 11.4 Å². The summed E-state index contributed by atoms with van der Waals surface area (Å²) in [6.07, 6.45) is -2.34. The van der Waals surface area contributed by atoms with Crippen LogP contribution in [0.1, 0.15) is 5.69 Å². The van der Waals surface area contributed by atoms with E-state index in [1.165, 1.54) is 6.07 Å². The van der Waals surface area contributed by atoms with Crippen LogP contribution >= 0.6 is 0 Å². The first-order valence-corrected chi connectivity index (χ1v) is 4.45. The number of pyridine rings is 1. The topological polar surface area (TPSA) is 77.6 Å². The van der Waals surface area contributed by atoms with Crippen LogP contribution in [0.5, 0.6) is 0 Å². The molecule has 0 unspecified atom stereocenters. The lowest BCUT2D eigenvalue weighted by atomic mass is 10.2. The Morgan fingerprint density at radius 1 is 1.12 bits per heavy atom. The highest BCUT2D eigenvalue weighted by Gasteiger charge is 2.32. The van der Waals surface area contributed by atoms with E-state index in [1.54, 1.807) is 0 Å². The highest BCUT2D eigenvalue weighted by molar-refractivity contribution is 5.55. The van der Waals surface area contributed by atoms with Crippen molar-refractivity contribution in [2.75, 3.05) is 5.73 Å². The quantitative estimate of drug-likeness (QED) is 0.819. The zero-order chi connectivity index (χ0) is 12.5. The summed E-state index contributed by atoms with van der Waals surface area (Å²) >= 11 is 0. The molecule has 17 heavy (non-hydrogen) atoms. The molecule has 2 aromatic heterocycles. The van der Waals surface area contributed by atoms with Gasteiger partial charge in [0.1, 0.15) is 12.0 Å². The highest BCUT2D eigenvalue weighted by atomic mass is 19.4. The Morgan fingerprint density at radius 2 is 1.88 bits per heavy atom. The maximum absolute atomic E-state index is 12.4. The Kier molecular flexibility index (Phi) is 2.62. The second-order valence-electron chi connectivity index (χ2n) is 3.09. The molecule has 0 amide bonds. The van der Waals surface area contributed by atoms with Crippen molar-refractivity contribution in [3.05, 3.63) is 30.4 Å². The molecule has 0 saturated heterocycles. The van der Waals surface area contributed by atoms with E-state index >= 15 is 0 Å². The molecule has 0 aliphatic rings. The van der Waals surface area contributed by atoms with E-state index in [-0.39, 0.29) is 17.3 Å². The maximum Gasteiger partial charge on any atom is 0.433 e. The Balaban J connectivity index is 2.47. The third-order valence-corrected chi connectivity index (χ3v) is 1.90. The smallest absolute Gasteiger partial charge is 0.368 e. The van der Waals surface area contributed by atoms with Crippen molar-refractivity contribution >= 4 is 5.95 Å². The number of halogens is 3. The summed E-state index contributed by atoms with van der Waals surface area (Å²) in [7, 11) is 0. The molecule has 0 saturated carbocycles. The molecular formula is C9H6F3N5. The van der Waals surface area contributed by atoms with Crippen molar-refractivity contribution in [2.24, 2.45) is 0 Å². The second-order valence-corrected chi connectivity index (χ2v) is 3.09. The van der Waals surface area contributed by atoms with Gasteiger partial charge < -0.3 is 5.73 Å². The first-order chi connectivity index (χ1) is 7.97. The lowest BCUT2D eigenvalue weighted by molar-refractivity contribution is -0.141. The fourth-order valence-electron chi connectivity index (χ4n) is 1.17. The van der Waals surface area contributed by atoms with Gasteiger partial charge >= 0.3 is 6.18 Å². The Labute approximate surface area is 93.6 Å². The van der Waals surface area contributed by atoms with Crippen LogP contribution in [-0.4, -0.2) is 19.9 Å². The zero-order valence-electron chi connectivity index (χ0n) is 8.31. The Morgan fingerprint density at radius 3 is 2.53 bits per heavy atom. The first kappa shape index (κ1) is 11.2. The molecule has 2 aromatic rings. The largest absolute Gasteiger partial charge is 0.433 e. The van der Waals surface area contributed by atoms with Crippen molar-refractivity contribution in [1.29, 1.82) is 0 Å². The minimum Gasteiger partial charge on any atom is -0.368 e. The molecule has 0 bridgehead atoms. The number of nitrogens with two attached hydrogens (primary N) is 1. The standard InChI is InChI=1S/C9H6F3N5/c10-9(11,12)6-3-5(1-2-14-6)7-15-4-16-8(13)17-7/h1-4H,(H2,13,15,16,17). The summed E-state index contributed by atoms with van der Waals surface area (Å²) in [5, 5.41) is 0. The van der Waals surface area contributed by atoms with E-state index in [9.17, 15) is 13.2 Å². The summed E-state index contributed by atoms with van der Waals surface area (Å²) in [5.74, 6) is 0.0192. The molecule has 0 fully saturated rings. The lowest BCUT2D eigenvalue weighted by Crippen LogP contribution is -2.08. The molecule has 0 aromatic carbocycles. The molecule has 0 radical (unpaired) electrons. The predicted molar refractivity (Wildman–Crippen MR) is 52.5 cm³/mol. The molecule has 5 nitrogen and oxygen atoms in total. The molecule has 0 aliphatic heterocycles. The molecule has 88 valence electrons. The number of alkyl halides is 3. The summed E-state index contributed by atoms with van der Waals surface area (Å²) in [6, 6.07) is 2.22. The van der Waals surface area contributed by atoms with Crippen molar-refractivity contribution in [1.82, 2.24) is 19.9 Å². The zero-order valence-corrected chi connectivity index (χ0v) is 8.31. The molecule has 2 rings (SSSR count). The molecule has 0 atom stereocenters. The summed E-state index contributed by atoms with van der Waals surface area (Å²) in [6.45, 7) is 0. The van der Waals surface area contributed by atoms with E-state index in [0.29, 0.717) is 0 Å². The number of nitrogen functional groups attached to an aromatic ring is 1. The second kappa shape index (κ2) is 3.96. The fourth-order valence-corrected chi connectivity index (χ4v) is 1.17. The third kappa shape index (κ3) is 2.47. The van der Waals surface area contributed by atoms with Gasteiger partial charge in [0.2, 0.25) is 5.95 Å². The van der Waals surface area contributed by atoms with Crippen LogP contribution in [0.15, 0.2) is 24.7 Å². The van der Waals surface area contributed by atoms with Crippen LogP contribution in [0.2, 0.25) is 0 Å². The van der Waals surface area contributed by atoms with Crippen molar-refractivity contribution < 1.29 is 13.2 Å². The number of hydrogen-bond acceptors (Lipinski definition) is 5. The van der Waals surface area contributed by atoms with Gasteiger partial charge in [-0.15, -0.1) is 0 Å². The molecular weight excluding hydrogens is 235 g/mol. The van der Waals surface area contributed by atoms with Gasteiger partial charge in [0.25, 0.3) is 0 Å². The molecule has 2 heterocycles. The lowest BCUT2D eigenvalue weighted by Gasteiger charge is -2.06. The summed E-state index contributed by atoms with van der Waals surface area (Å²) in [4.78, 5) is 14.2. The number of nitrogens with zero attached hydrogens (tertiary/aromatic N) is 4. The van der Waals surface area contributed by atoms with Gasteiger partial charge in [-0.3, -0.25) is 4.98 Å². The minimum absolute atomic E-state index is 0.0552. The molecule has 2 N–H and O–H groups in total. The number of aromatic nitrogens is 4. The van der Waals surface area contributed by atoms with E-state index in [2.05, 4.69) is 19.9 Å². The van der Waals surface area contributed by atoms with Gasteiger partial charge in [-0.05, 0) is 12.1 Å². The third-order valence-electron chi connectivity index (χ3n) is 1.90. The minimum atomic E-state index is -4.51. The summed E-state index contributed by atoms with van der Waals surface area (Å²) in [5.41, 5.74) is 4.50. The SMILES string of the molecule is Nc1ncnc(-c2ccnc(C(F)(F)F)c2)n1. The monoisotopic (exact) mass is 241 g/mol. The number of anilines is 1. The van der Waals surface area contributed by atoms with Crippen LogP contribution in [0, 0.1) is 0 Å². The van der Waals surface area contributed by atoms with Gasteiger partial charge in [-0.25, -0.2) is 9.97 Å². The average Bonchev–Trinajstić information content (AvgIpc) is 2.28. The van der Waals surface area contributed by atoms with E-state index in [0.717, 1.165) is 18.6 Å². The summed E-state index contributed by atoms with van der Waals surface area (Å²) < 4.78 is 37.3. The van der Waals surface area contributed by atoms with Gasteiger partial charge in [0, 0.05) is 11.8 Å². The normalized spacial score (nSPS) is 11.5. The van der Waals surface area contributed by atoms with E-state index < -0.39 is 11.9 Å². The Bertz CT molecular complexity index is 540. The maximum atomic E-state index is 12.4. The van der Waals surface area contributed by atoms with Gasteiger partial charge in [-0.2, -0.15) is 18.2 Å². The predicted octanol–water partition coefficient (Wildman–Crippen LogP) is 1.53. The van der Waals surface area contributed by atoms with Crippen molar-refractivity contribution in [3.8, 4) is 11.4 Å². The van der Waals surface area contributed by atoms with Crippen LogP contribution < -0.4 is 5.73 Å². The number of hydrogen-bond donors (Lipinski definition) is 1. The molecule has 0 spiro atoms. The average molecular weight is 241 g/mol. The Hall–Kier alpha value is -2.25. The number of rotatable bonds is 1. The van der Waals surface area contributed by atoms with Crippen LogP contribution in [0.3, 0.4) is 0 Å². The van der Waals surface area contributed by atoms with E-state index in [4.69, 9.17) is 5.73 Å². The van der Waals surface area contributed by atoms with Crippen molar-refractivity contribution in [2.45, 2.75) is 6.18 Å². The van der Waals surface area contributed by atoms with E-state index in [1.807, 2.05) is 0 Å². The van der Waals surface area contributed by atoms with Crippen molar-refractivity contribution in [3.63, 3.8) is 0 Å². The van der Waals surface area contributed by atoms with Crippen LogP contribution in [-0.2, 0) is 6.18 Å². The molecule has 0 aliphatic carbocycles.